The van der Waals surface area contributed by atoms with Crippen molar-refractivity contribution in [1.29, 1.82) is 0 Å². The van der Waals surface area contributed by atoms with E-state index in [2.05, 4.69) is 5.32 Å². The lowest BCUT2D eigenvalue weighted by Gasteiger charge is -2.14. The van der Waals surface area contributed by atoms with Crippen molar-refractivity contribution in [2.45, 2.75) is 31.5 Å². The quantitative estimate of drug-likeness (QED) is 0.855. The molecule has 0 unspecified atom stereocenters. The fraction of sp³-hybridized carbons (Fsp3) is 0.316. The minimum Gasteiger partial charge on any atom is -0.489 e. The van der Waals surface area contributed by atoms with Crippen LogP contribution in [0.1, 0.15) is 30.0 Å². The van der Waals surface area contributed by atoms with Crippen LogP contribution in [0.15, 0.2) is 48.5 Å². The van der Waals surface area contributed by atoms with Gasteiger partial charge in [-0.05, 0) is 36.6 Å². The zero-order valence-corrected chi connectivity index (χ0v) is 13.5. The van der Waals surface area contributed by atoms with Crippen molar-refractivity contribution >= 4 is 5.97 Å². The molecule has 2 atom stereocenters. The van der Waals surface area contributed by atoms with Crippen LogP contribution in [0.25, 0.3) is 0 Å². The molecule has 24 heavy (non-hydrogen) atoms. The van der Waals surface area contributed by atoms with Gasteiger partial charge < -0.3 is 9.47 Å². The molecule has 1 aliphatic rings. The van der Waals surface area contributed by atoms with Crippen LogP contribution in [-0.4, -0.2) is 19.1 Å². The molecule has 1 fully saturated rings. The Morgan fingerprint density at radius 3 is 2.62 bits per heavy atom. The summed E-state index contributed by atoms with van der Waals surface area (Å²) in [6.45, 7) is 0.193. The lowest BCUT2D eigenvalue weighted by Crippen LogP contribution is -2.33. The Morgan fingerprint density at radius 2 is 1.92 bits per heavy atom. The summed E-state index contributed by atoms with van der Waals surface area (Å²) in [7, 11) is 1.40. The third-order valence-electron chi connectivity index (χ3n) is 4.27. The van der Waals surface area contributed by atoms with Gasteiger partial charge in [0.15, 0.2) is 0 Å². The first-order valence-electron chi connectivity index (χ1n) is 7.97. The summed E-state index contributed by atoms with van der Waals surface area (Å²) in [5.41, 5.74) is 1.62. The van der Waals surface area contributed by atoms with Gasteiger partial charge >= 0.3 is 5.97 Å². The highest BCUT2D eigenvalue weighted by molar-refractivity contribution is 5.76. The first kappa shape index (κ1) is 16.5. The standard InChI is InChI=1S/C19H20FNO3/c1-23-19(22)18-11-10-17(21-18)13-6-8-15(9-7-13)24-12-14-4-2-3-5-16(14)20/h2-9,17-18,21H,10-12H2,1H3/t17-,18+/m1/s1. The molecule has 1 saturated heterocycles. The minimum atomic E-state index is -0.266. The van der Waals surface area contributed by atoms with Gasteiger partial charge in [0, 0.05) is 11.6 Å². The normalized spacial score (nSPS) is 19.9. The number of methoxy groups -OCH3 is 1. The third kappa shape index (κ3) is 3.74. The van der Waals surface area contributed by atoms with E-state index in [1.54, 1.807) is 18.2 Å². The Balaban J connectivity index is 1.58. The molecule has 126 valence electrons. The second kappa shape index (κ2) is 7.45. The van der Waals surface area contributed by atoms with E-state index in [-0.39, 0.29) is 30.5 Å². The number of ether oxygens (including phenoxy) is 2. The lowest BCUT2D eigenvalue weighted by atomic mass is 10.1. The van der Waals surface area contributed by atoms with E-state index in [1.807, 2.05) is 24.3 Å². The number of benzene rings is 2. The van der Waals surface area contributed by atoms with Crippen molar-refractivity contribution in [2.24, 2.45) is 0 Å². The number of hydrogen-bond donors (Lipinski definition) is 1. The molecule has 5 heteroatoms. The molecule has 2 aromatic rings. The molecule has 1 aliphatic heterocycles. The minimum absolute atomic E-state index is 0.134. The molecule has 2 aromatic carbocycles. The molecule has 0 aromatic heterocycles. The van der Waals surface area contributed by atoms with Gasteiger partial charge in [-0.2, -0.15) is 0 Å². The van der Waals surface area contributed by atoms with Crippen molar-refractivity contribution in [3.8, 4) is 5.75 Å². The largest absolute Gasteiger partial charge is 0.489 e. The first-order valence-corrected chi connectivity index (χ1v) is 7.97. The summed E-state index contributed by atoms with van der Waals surface area (Å²) < 4.78 is 24.0. The van der Waals surface area contributed by atoms with Gasteiger partial charge in [-0.3, -0.25) is 10.1 Å². The fourth-order valence-corrected chi connectivity index (χ4v) is 2.91. The van der Waals surface area contributed by atoms with E-state index in [0.29, 0.717) is 11.3 Å². The molecule has 0 bridgehead atoms. The predicted molar refractivity (Wildman–Crippen MR) is 88.1 cm³/mol. The number of rotatable bonds is 5. The molecule has 4 nitrogen and oxygen atoms in total. The summed E-state index contributed by atoms with van der Waals surface area (Å²) >= 11 is 0. The topological polar surface area (TPSA) is 47.6 Å². The summed E-state index contributed by atoms with van der Waals surface area (Å²) in [6.07, 6.45) is 1.65. The lowest BCUT2D eigenvalue weighted by molar-refractivity contribution is -0.142. The fourth-order valence-electron chi connectivity index (χ4n) is 2.91. The number of carbonyl (C=O) groups excluding carboxylic acids is 1. The second-order valence-electron chi connectivity index (χ2n) is 5.82. The molecule has 1 heterocycles. The first-order chi connectivity index (χ1) is 11.7. The van der Waals surface area contributed by atoms with Crippen molar-refractivity contribution in [3.05, 3.63) is 65.5 Å². The Labute approximate surface area is 140 Å². The molecular formula is C19H20FNO3. The Bertz CT molecular complexity index is 702. The van der Waals surface area contributed by atoms with Gasteiger partial charge in [-0.25, -0.2) is 4.39 Å². The van der Waals surface area contributed by atoms with Crippen LogP contribution in [0.4, 0.5) is 4.39 Å². The molecule has 0 spiro atoms. The Kier molecular flexibility index (Phi) is 5.11. The number of hydrogen-bond acceptors (Lipinski definition) is 4. The maximum Gasteiger partial charge on any atom is 0.322 e. The molecule has 0 radical (unpaired) electrons. The van der Waals surface area contributed by atoms with E-state index in [0.717, 1.165) is 18.4 Å². The highest BCUT2D eigenvalue weighted by Gasteiger charge is 2.30. The second-order valence-corrected chi connectivity index (χ2v) is 5.82. The van der Waals surface area contributed by atoms with Gasteiger partial charge in [-0.1, -0.05) is 30.3 Å². The highest BCUT2D eigenvalue weighted by Crippen LogP contribution is 2.28. The van der Waals surface area contributed by atoms with E-state index in [4.69, 9.17) is 9.47 Å². The van der Waals surface area contributed by atoms with E-state index in [1.165, 1.54) is 13.2 Å². The van der Waals surface area contributed by atoms with Crippen molar-refractivity contribution < 1.29 is 18.7 Å². The van der Waals surface area contributed by atoms with Crippen molar-refractivity contribution in [1.82, 2.24) is 5.32 Å². The zero-order chi connectivity index (χ0) is 16.9. The Hall–Kier alpha value is -2.40. The zero-order valence-electron chi connectivity index (χ0n) is 13.5. The van der Waals surface area contributed by atoms with E-state index >= 15 is 0 Å². The number of esters is 1. The van der Waals surface area contributed by atoms with Crippen LogP contribution in [0.5, 0.6) is 5.75 Å². The number of halogens is 1. The van der Waals surface area contributed by atoms with Crippen LogP contribution < -0.4 is 10.1 Å². The molecular weight excluding hydrogens is 309 g/mol. The van der Waals surface area contributed by atoms with Gasteiger partial charge in [0.05, 0.1) is 7.11 Å². The molecule has 0 saturated carbocycles. The smallest absolute Gasteiger partial charge is 0.322 e. The van der Waals surface area contributed by atoms with E-state index in [9.17, 15) is 9.18 Å². The number of nitrogens with one attached hydrogen (secondary N) is 1. The maximum absolute atomic E-state index is 13.6. The van der Waals surface area contributed by atoms with Gasteiger partial charge in [0.1, 0.15) is 24.2 Å². The van der Waals surface area contributed by atoms with Crippen LogP contribution in [-0.2, 0) is 16.1 Å². The average molecular weight is 329 g/mol. The molecule has 0 amide bonds. The average Bonchev–Trinajstić information content (AvgIpc) is 3.11. The van der Waals surface area contributed by atoms with Gasteiger partial charge in [-0.15, -0.1) is 0 Å². The Morgan fingerprint density at radius 1 is 1.17 bits per heavy atom. The number of carbonyl (C=O) groups is 1. The van der Waals surface area contributed by atoms with Crippen LogP contribution in [0, 0.1) is 5.82 Å². The molecule has 1 N–H and O–H groups in total. The van der Waals surface area contributed by atoms with Crippen molar-refractivity contribution in [2.75, 3.05) is 7.11 Å². The van der Waals surface area contributed by atoms with E-state index < -0.39 is 0 Å². The molecule has 0 aliphatic carbocycles. The predicted octanol–water partition coefficient (Wildman–Crippen LogP) is 3.37. The highest BCUT2D eigenvalue weighted by atomic mass is 19.1. The summed E-state index contributed by atoms with van der Waals surface area (Å²) in [4.78, 5) is 11.6. The summed E-state index contributed by atoms with van der Waals surface area (Å²) in [5, 5.41) is 3.28. The molecule has 3 rings (SSSR count). The van der Waals surface area contributed by atoms with Crippen LogP contribution in [0.3, 0.4) is 0 Å². The van der Waals surface area contributed by atoms with Crippen LogP contribution in [0.2, 0.25) is 0 Å². The summed E-state index contributed by atoms with van der Waals surface area (Å²) in [5.74, 6) is 0.199. The summed E-state index contributed by atoms with van der Waals surface area (Å²) in [6, 6.07) is 14.1. The third-order valence-corrected chi connectivity index (χ3v) is 4.27. The van der Waals surface area contributed by atoms with Gasteiger partial charge in [0.25, 0.3) is 0 Å². The van der Waals surface area contributed by atoms with Gasteiger partial charge in [0.2, 0.25) is 0 Å². The van der Waals surface area contributed by atoms with Crippen molar-refractivity contribution in [3.63, 3.8) is 0 Å². The van der Waals surface area contributed by atoms with Crippen LogP contribution >= 0.6 is 0 Å². The SMILES string of the molecule is COC(=O)[C@@H]1CC[C@H](c2ccc(OCc3ccccc3F)cc2)N1. The monoisotopic (exact) mass is 329 g/mol. The maximum atomic E-state index is 13.6.